The second kappa shape index (κ2) is 10.7. The first kappa shape index (κ1) is 23.1. The van der Waals surface area contributed by atoms with Crippen molar-refractivity contribution >= 4 is 23.0 Å². The van der Waals surface area contributed by atoms with Gasteiger partial charge in [-0.15, -0.1) is 0 Å². The Morgan fingerprint density at radius 2 is 1.54 bits per heavy atom. The maximum absolute atomic E-state index is 12.7. The normalized spacial score (nSPS) is 16.4. The zero-order valence-corrected chi connectivity index (χ0v) is 20.1. The lowest BCUT2D eigenvalue weighted by Gasteiger charge is -2.36. The molecule has 0 aliphatic carbocycles. The molecule has 5 rings (SSSR count). The Morgan fingerprint density at radius 3 is 2.29 bits per heavy atom. The molecule has 0 aromatic heterocycles. The van der Waals surface area contributed by atoms with Crippen molar-refractivity contribution in [3.8, 4) is 11.5 Å². The van der Waals surface area contributed by atoms with E-state index in [0.29, 0.717) is 30.4 Å². The van der Waals surface area contributed by atoms with Crippen LogP contribution in [0, 0.1) is 0 Å². The summed E-state index contributed by atoms with van der Waals surface area (Å²) in [7, 11) is 0. The number of anilines is 3. The summed E-state index contributed by atoms with van der Waals surface area (Å²) in [6, 6.07) is 24.0. The van der Waals surface area contributed by atoms with Crippen LogP contribution in [-0.4, -0.2) is 56.2 Å². The van der Waals surface area contributed by atoms with E-state index in [0.717, 1.165) is 38.4 Å². The van der Waals surface area contributed by atoms with Crippen molar-refractivity contribution in [1.82, 2.24) is 4.90 Å². The smallest absolute Gasteiger partial charge is 0.246 e. The number of hydrogen-bond acceptors (Lipinski definition) is 6. The Labute approximate surface area is 206 Å². The number of carbonyl (C=O) groups is 1. The lowest BCUT2D eigenvalue weighted by Crippen LogP contribution is -2.45. The topological polar surface area (TPSA) is 66.1 Å². The Kier molecular flexibility index (Phi) is 7.04. The second-order valence-electron chi connectivity index (χ2n) is 9.01. The van der Waals surface area contributed by atoms with Gasteiger partial charge in [0.1, 0.15) is 19.3 Å². The molecule has 0 spiro atoms. The molecule has 0 unspecified atom stereocenters. The lowest BCUT2D eigenvalue weighted by atomic mass is 10.2. The van der Waals surface area contributed by atoms with E-state index in [4.69, 9.17) is 9.47 Å². The predicted molar refractivity (Wildman–Crippen MR) is 140 cm³/mol. The van der Waals surface area contributed by atoms with Crippen LogP contribution < -0.4 is 25.0 Å². The van der Waals surface area contributed by atoms with Gasteiger partial charge < -0.3 is 25.0 Å². The van der Waals surface area contributed by atoms with Gasteiger partial charge in [0.25, 0.3) is 0 Å². The lowest BCUT2D eigenvalue weighted by molar-refractivity contribution is -0.116. The molecule has 1 saturated heterocycles. The van der Waals surface area contributed by atoms with Gasteiger partial charge in [0.05, 0.1) is 0 Å². The van der Waals surface area contributed by atoms with Crippen molar-refractivity contribution in [2.75, 3.05) is 54.9 Å². The van der Waals surface area contributed by atoms with Crippen molar-refractivity contribution in [2.45, 2.75) is 19.5 Å². The average Bonchev–Trinajstić information content (AvgIpc) is 2.90. The van der Waals surface area contributed by atoms with Crippen LogP contribution in [0.5, 0.6) is 11.5 Å². The molecule has 7 heteroatoms. The summed E-state index contributed by atoms with van der Waals surface area (Å²) >= 11 is 0. The van der Waals surface area contributed by atoms with Gasteiger partial charge in [-0.1, -0.05) is 30.3 Å². The summed E-state index contributed by atoms with van der Waals surface area (Å²) < 4.78 is 11.1. The first-order valence-electron chi connectivity index (χ1n) is 12.2. The SMILES string of the molecule is C[C@H](Nc1ccc(N2CCN(Cc3ccccc3)CC2)cc1)C(=O)Nc1ccc2c(c1)OCCO2. The molecule has 1 atom stereocenters. The van der Waals surface area contributed by atoms with E-state index in [9.17, 15) is 4.79 Å². The summed E-state index contributed by atoms with van der Waals surface area (Å²) in [5, 5.41) is 6.24. The molecule has 35 heavy (non-hydrogen) atoms. The fraction of sp³-hybridized carbons (Fsp3) is 0.321. The standard InChI is InChI=1S/C28H32N4O3/c1-21(28(33)30-24-9-12-26-27(19-24)35-18-17-34-26)29-23-7-10-25(11-8-23)32-15-13-31(14-16-32)20-22-5-3-2-4-6-22/h2-12,19,21,29H,13-18,20H2,1H3,(H,30,33)/t21-/m0/s1. The molecule has 0 bridgehead atoms. The molecule has 182 valence electrons. The zero-order chi connectivity index (χ0) is 24.0. The summed E-state index contributed by atoms with van der Waals surface area (Å²) in [6.07, 6.45) is 0. The molecule has 2 heterocycles. The minimum absolute atomic E-state index is 0.111. The fourth-order valence-corrected chi connectivity index (χ4v) is 4.46. The van der Waals surface area contributed by atoms with Crippen LogP contribution in [-0.2, 0) is 11.3 Å². The zero-order valence-electron chi connectivity index (χ0n) is 20.1. The van der Waals surface area contributed by atoms with E-state index < -0.39 is 6.04 Å². The number of nitrogens with one attached hydrogen (secondary N) is 2. The molecular weight excluding hydrogens is 440 g/mol. The number of carbonyl (C=O) groups excluding carboxylic acids is 1. The molecule has 7 nitrogen and oxygen atoms in total. The van der Waals surface area contributed by atoms with E-state index >= 15 is 0 Å². The number of ether oxygens (including phenoxy) is 2. The van der Waals surface area contributed by atoms with Crippen molar-refractivity contribution < 1.29 is 14.3 Å². The molecule has 2 N–H and O–H groups in total. The molecule has 0 saturated carbocycles. The molecule has 0 radical (unpaired) electrons. The number of amides is 1. The van der Waals surface area contributed by atoms with Crippen LogP contribution in [0.15, 0.2) is 72.8 Å². The molecule has 3 aromatic rings. The van der Waals surface area contributed by atoms with Crippen LogP contribution in [0.1, 0.15) is 12.5 Å². The van der Waals surface area contributed by atoms with Crippen LogP contribution in [0.25, 0.3) is 0 Å². The maximum Gasteiger partial charge on any atom is 0.246 e. The van der Waals surface area contributed by atoms with Crippen molar-refractivity contribution in [1.29, 1.82) is 0 Å². The largest absolute Gasteiger partial charge is 0.486 e. The Bertz CT molecular complexity index is 1130. The minimum Gasteiger partial charge on any atom is -0.486 e. The van der Waals surface area contributed by atoms with E-state index in [1.807, 2.05) is 31.2 Å². The maximum atomic E-state index is 12.7. The van der Waals surface area contributed by atoms with Crippen LogP contribution in [0.3, 0.4) is 0 Å². The van der Waals surface area contributed by atoms with Gasteiger partial charge in [-0.05, 0) is 48.9 Å². The number of nitrogens with zero attached hydrogens (tertiary/aromatic N) is 2. The van der Waals surface area contributed by atoms with E-state index in [1.54, 1.807) is 6.07 Å². The summed E-state index contributed by atoms with van der Waals surface area (Å²) in [5.41, 5.74) is 4.18. The molecular formula is C28H32N4O3. The Morgan fingerprint density at radius 1 is 0.857 bits per heavy atom. The van der Waals surface area contributed by atoms with Crippen LogP contribution in [0.2, 0.25) is 0 Å². The minimum atomic E-state index is -0.393. The van der Waals surface area contributed by atoms with Gasteiger partial charge in [-0.2, -0.15) is 0 Å². The number of piperazine rings is 1. The molecule has 2 aliphatic heterocycles. The fourth-order valence-electron chi connectivity index (χ4n) is 4.46. The van der Waals surface area contributed by atoms with E-state index in [-0.39, 0.29) is 5.91 Å². The van der Waals surface area contributed by atoms with Crippen molar-refractivity contribution in [3.63, 3.8) is 0 Å². The van der Waals surface area contributed by atoms with E-state index in [1.165, 1.54) is 11.3 Å². The van der Waals surface area contributed by atoms with Gasteiger partial charge in [0.2, 0.25) is 5.91 Å². The summed E-state index contributed by atoms with van der Waals surface area (Å²) in [6.45, 7) is 8.03. The average molecular weight is 473 g/mol. The van der Waals surface area contributed by atoms with Gasteiger partial charge in [0, 0.05) is 55.9 Å². The number of benzene rings is 3. The second-order valence-corrected chi connectivity index (χ2v) is 9.01. The van der Waals surface area contributed by atoms with Gasteiger partial charge in [0.15, 0.2) is 11.5 Å². The highest BCUT2D eigenvalue weighted by atomic mass is 16.6. The summed E-state index contributed by atoms with van der Waals surface area (Å²) in [4.78, 5) is 17.6. The highest BCUT2D eigenvalue weighted by Crippen LogP contribution is 2.32. The highest BCUT2D eigenvalue weighted by Gasteiger charge is 2.19. The van der Waals surface area contributed by atoms with Crippen LogP contribution >= 0.6 is 0 Å². The third-order valence-electron chi connectivity index (χ3n) is 6.44. The number of hydrogen-bond donors (Lipinski definition) is 2. The Hall–Kier alpha value is -3.71. The molecule has 1 fully saturated rings. The monoisotopic (exact) mass is 472 g/mol. The third kappa shape index (κ3) is 5.87. The summed E-state index contributed by atoms with van der Waals surface area (Å²) in [5.74, 6) is 1.25. The van der Waals surface area contributed by atoms with Crippen molar-refractivity contribution in [3.05, 3.63) is 78.4 Å². The van der Waals surface area contributed by atoms with Crippen molar-refractivity contribution in [2.24, 2.45) is 0 Å². The highest BCUT2D eigenvalue weighted by molar-refractivity contribution is 5.96. The quantitative estimate of drug-likeness (QED) is 0.537. The number of rotatable bonds is 7. The van der Waals surface area contributed by atoms with Gasteiger partial charge >= 0.3 is 0 Å². The molecule has 3 aromatic carbocycles. The van der Waals surface area contributed by atoms with Gasteiger partial charge in [-0.25, -0.2) is 0 Å². The first-order chi connectivity index (χ1) is 17.1. The van der Waals surface area contributed by atoms with E-state index in [2.05, 4.69) is 62.9 Å². The molecule has 1 amide bonds. The first-order valence-corrected chi connectivity index (χ1v) is 12.2. The van der Waals surface area contributed by atoms with Gasteiger partial charge in [-0.3, -0.25) is 9.69 Å². The Balaban J connectivity index is 1.10. The number of fused-ring (bicyclic) bond motifs is 1. The third-order valence-corrected chi connectivity index (χ3v) is 6.44. The predicted octanol–water partition coefficient (Wildman–Crippen LogP) is 4.22. The van der Waals surface area contributed by atoms with Crippen LogP contribution in [0.4, 0.5) is 17.1 Å². The molecule has 2 aliphatic rings.